The maximum atomic E-state index is 13.7. The van der Waals surface area contributed by atoms with Crippen LogP contribution < -0.4 is 5.32 Å². The summed E-state index contributed by atoms with van der Waals surface area (Å²) in [6, 6.07) is 15.5. The van der Waals surface area contributed by atoms with E-state index in [2.05, 4.69) is 10.4 Å². The fourth-order valence-corrected chi connectivity index (χ4v) is 2.90. The number of nitrogens with one attached hydrogen (secondary N) is 1. The lowest BCUT2D eigenvalue weighted by atomic mass is 10.2. The second-order valence-electron chi connectivity index (χ2n) is 6.17. The maximum absolute atomic E-state index is 13.7. The summed E-state index contributed by atoms with van der Waals surface area (Å²) < 4.78 is 30.0. The van der Waals surface area contributed by atoms with Crippen molar-refractivity contribution in [3.8, 4) is 11.5 Å². The highest BCUT2D eigenvalue weighted by Gasteiger charge is 2.20. The van der Waals surface area contributed by atoms with Crippen LogP contribution in [-0.4, -0.2) is 20.3 Å². The lowest BCUT2D eigenvalue weighted by Gasteiger charge is -2.11. The van der Waals surface area contributed by atoms with Gasteiger partial charge < -0.3 is 9.88 Å². The van der Waals surface area contributed by atoms with E-state index in [4.69, 9.17) is 0 Å². The van der Waals surface area contributed by atoms with Gasteiger partial charge in [0, 0.05) is 18.9 Å². The number of amides is 1. The van der Waals surface area contributed by atoms with Gasteiger partial charge in [0.1, 0.15) is 17.2 Å². The van der Waals surface area contributed by atoms with Gasteiger partial charge in [0.15, 0.2) is 5.82 Å². The van der Waals surface area contributed by atoms with Crippen molar-refractivity contribution in [1.82, 2.24) is 19.7 Å². The van der Waals surface area contributed by atoms with Crippen molar-refractivity contribution >= 4 is 5.91 Å². The van der Waals surface area contributed by atoms with E-state index in [1.54, 1.807) is 41.2 Å². The molecule has 0 saturated heterocycles. The summed E-state index contributed by atoms with van der Waals surface area (Å²) in [5.74, 6) is -0.571. The molecule has 2 heterocycles. The number of hydrogen-bond acceptors (Lipinski definition) is 2. The molecule has 0 aliphatic rings. The lowest BCUT2D eigenvalue weighted by molar-refractivity contribution is 0.0951. The predicted octanol–water partition coefficient (Wildman–Crippen LogP) is 3.87. The molecule has 0 atom stereocenters. The molecule has 2 aromatic carbocycles. The van der Waals surface area contributed by atoms with Gasteiger partial charge in [-0.1, -0.05) is 18.2 Å². The monoisotopic (exact) mass is 378 g/mol. The van der Waals surface area contributed by atoms with E-state index in [0.29, 0.717) is 17.1 Å². The summed E-state index contributed by atoms with van der Waals surface area (Å²) in [5, 5.41) is 7.10. The lowest BCUT2D eigenvalue weighted by Crippen LogP contribution is -2.24. The van der Waals surface area contributed by atoms with Gasteiger partial charge in [-0.05, 0) is 48.0 Å². The number of nitrogens with zero attached hydrogens (tertiary/aromatic N) is 3. The van der Waals surface area contributed by atoms with Gasteiger partial charge in [-0.25, -0.2) is 13.5 Å². The van der Waals surface area contributed by atoms with E-state index in [-0.39, 0.29) is 18.3 Å². The molecular formula is C21H16F2N4O. The minimum Gasteiger partial charge on any atom is -0.348 e. The molecule has 0 saturated carbocycles. The Morgan fingerprint density at radius 3 is 2.43 bits per heavy atom. The zero-order chi connectivity index (χ0) is 19.5. The van der Waals surface area contributed by atoms with Crippen molar-refractivity contribution in [1.29, 1.82) is 0 Å². The molecule has 0 fully saturated rings. The SMILES string of the molecule is O=C(NCc1ccc(F)cc1)c1cnn(-c2cccc(F)c2)c1-n1cccc1. The zero-order valence-corrected chi connectivity index (χ0v) is 14.7. The van der Waals surface area contributed by atoms with Crippen LogP contribution in [0.15, 0.2) is 79.3 Å². The van der Waals surface area contributed by atoms with Crippen molar-refractivity contribution in [3.63, 3.8) is 0 Å². The Kier molecular flexibility index (Phi) is 4.72. The van der Waals surface area contributed by atoms with Gasteiger partial charge in [-0.3, -0.25) is 4.79 Å². The molecule has 28 heavy (non-hydrogen) atoms. The number of halogens is 2. The van der Waals surface area contributed by atoms with Gasteiger partial charge in [0.2, 0.25) is 0 Å². The van der Waals surface area contributed by atoms with Crippen LogP contribution in [0.3, 0.4) is 0 Å². The Labute approximate surface area is 159 Å². The first-order chi connectivity index (χ1) is 13.6. The minimum atomic E-state index is -0.395. The van der Waals surface area contributed by atoms with E-state index < -0.39 is 5.82 Å². The largest absolute Gasteiger partial charge is 0.348 e. The number of carbonyl (C=O) groups is 1. The molecule has 2 aromatic heterocycles. The van der Waals surface area contributed by atoms with Crippen molar-refractivity contribution < 1.29 is 13.6 Å². The summed E-state index contributed by atoms with van der Waals surface area (Å²) in [6.07, 6.45) is 5.01. The second kappa shape index (κ2) is 7.48. The number of carbonyl (C=O) groups excluding carboxylic acids is 1. The molecular weight excluding hydrogens is 362 g/mol. The van der Waals surface area contributed by atoms with Gasteiger partial charge in [-0.2, -0.15) is 5.10 Å². The van der Waals surface area contributed by atoms with Crippen LogP contribution in [0.2, 0.25) is 0 Å². The van der Waals surface area contributed by atoms with Crippen LogP contribution in [0.1, 0.15) is 15.9 Å². The molecule has 0 aliphatic carbocycles. The van der Waals surface area contributed by atoms with Crippen LogP contribution in [0, 0.1) is 11.6 Å². The van der Waals surface area contributed by atoms with E-state index >= 15 is 0 Å². The summed E-state index contributed by atoms with van der Waals surface area (Å²) in [6.45, 7) is 0.245. The van der Waals surface area contributed by atoms with E-state index in [1.807, 2.05) is 12.1 Å². The zero-order valence-electron chi connectivity index (χ0n) is 14.7. The third kappa shape index (κ3) is 3.55. The fourth-order valence-electron chi connectivity index (χ4n) is 2.90. The van der Waals surface area contributed by atoms with Gasteiger partial charge in [-0.15, -0.1) is 0 Å². The molecule has 0 bridgehead atoms. The van der Waals surface area contributed by atoms with Crippen molar-refractivity contribution in [2.45, 2.75) is 6.54 Å². The first-order valence-corrected chi connectivity index (χ1v) is 8.62. The normalized spacial score (nSPS) is 10.8. The molecule has 0 spiro atoms. The number of aromatic nitrogens is 3. The van der Waals surface area contributed by atoms with Crippen molar-refractivity contribution in [2.24, 2.45) is 0 Å². The molecule has 0 aliphatic heterocycles. The van der Waals surface area contributed by atoms with E-state index in [0.717, 1.165) is 5.56 Å². The molecule has 5 nitrogen and oxygen atoms in total. The summed E-state index contributed by atoms with van der Waals surface area (Å²) in [4.78, 5) is 12.8. The number of benzene rings is 2. The highest BCUT2D eigenvalue weighted by atomic mass is 19.1. The predicted molar refractivity (Wildman–Crippen MR) is 100 cm³/mol. The number of rotatable bonds is 5. The van der Waals surface area contributed by atoms with Crippen molar-refractivity contribution in [3.05, 3.63) is 102 Å². The van der Waals surface area contributed by atoms with Crippen LogP contribution in [0.25, 0.3) is 11.5 Å². The average molecular weight is 378 g/mol. The Morgan fingerprint density at radius 2 is 1.71 bits per heavy atom. The van der Waals surface area contributed by atoms with Gasteiger partial charge in [0.05, 0.1) is 11.9 Å². The van der Waals surface area contributed by atoms with E-state index in [1.165, 1.54) is 35.1 Å². The molecule has 140 valence electrons. The molecule has 1 amide bonds. The van der Waals surface area contributed by atoms with Crippen molar-refractivity contribution in [2.75, 3.05) is 0 Å². The van der Waals surface area contributed by atoms with E-state index in [9.17, 15) is 13.6 Å². The van der Waals surface area contributed by atoms with Gasteiger partial charge >= 0.3 is 0 Å². The van der Waals surface area contributed by atoms with Crippen LogP contribution >= 0.6 is 0 Å². The third-order valence-corrected chi connectivity index (χ3v) is 4.26. The first-order valence-electron chi connectivity index (χ1n) is 8.62. The Morgan fingerprint density at radius 1 is 0.964 bits per heavy atom. The van der Waals surface area contributed by atoms with Crippen LogP contribution in [-0.2, 0) is 6.54 Å². The Bertz CT molecular complexity index is 1100. The van der Waals surface area contributed by atoms with Crippen LogP contribution in [0.4, 0.5) is 8.78 Å². The quantitative estimate of drug-likeness (QED) is 0.573. The standard InChI is InChI=1S/C21H16F2N4O/c22-16-8-6-15(7-9-16)13-24-20(28)19-14-25-27(18-5-3-4-17(23)12-18)21(19)26-10-1-2-11-26/h1-12,14H,13H2,(H,24,28). The maximum Gasteiger partial charge on any atom is 0.256 e. The molecule has 4 aromatic rings. The second-order valence-corrected chi connectivity index (χ2v) is 6.17. The topological polar surface area (TPSA) is 51.9 Å². The van der Waals surface area contributed by atoms with Gasteiger partial charge in [0.25, 0.3) is 5.91 Å². The molecule has 0 unspecified atom stereocenters. The molecule has 1 N–H and O–H groups in total. The average Bonchev–Trinajstić information content (AvgIpc) is 3.36. The Hall–Kier alpha value is -3.74. The first kappa shape index (κ1) is 17.7. The summed E-state index contributed by atoms with van der Waals surface area (Å²) in [5.41, 5.74) is 1.61. The third-order valence-electron chi connectivity index (χ3n) is 4.26. The number of hydrogen-bond donors (Lipinski definition) is 1. The summed E-state index contributed by atoms with van der Waals surface area (Å²) >= 11 is 0. The summed E-state index contributed by atoms with van der Waals surface area (Å²) in [7, 11) is 0. The fraction of sp³-hybridized carbons (Fsp3) is 0.0476. The Balaban J connectivity index is 1.67. The highest BCUT2D eigenvalue weighted by Crippen LogP contribution is 2.20. The highest BCUT2D eigenvalue weighted by molar-refractivity contribution is 5.97. The van der Waals surface area contributed by atoms with Crippen LogP contribution in [0.5, 0.6) is 0 Å². The molecule has 7 heteroatoms. The molecule has 0 radical (unpaired) electrons. The minimum absolute atomic E-state index is 0.245. The smallest absolute Gasteiger partial charge is 0.256 e. The molecule has 4 rings (SSSR count).